The van der Waals surface area contributed by atoms with E-state index in [0.717, 1.165) is 0 Å². The minimum atomic E-state index is -0.507. The second-order valence-corrected chi connectivity index (χ2v) is 5.94. The second kappa shape index (κ2) is 6.54. The lowest BCUT2D eigenvalue weighted by molar-refractivity contribution is 0.0525. The maximum absolute atomic E-state index is 11.8. The Bertz CT molecular complexity index is 472. The number of hydrogen-bond acceptors (Lipinski definition) is 4. The van der Waals surface area contributed by atoms with Crippen LogP contribution in [0.3, 0.4) is 0 Å². The van der Waals surface area contributed by atoms with Crippen molar-refractivity contribution in [1.82, 2.24) is 15.1 Å². The molecule has 0 aromatic carbocycles. The number of hydrogen-bond donors (Lipinski definition) is 1. The van der Waals surface area contributed by atoms with Crippen molar-refractivity contribution in [2.24, 2.45) is 5.92 Å². The molecular formula is C14H23N3O3. The number of ketones is 1. The average Bonchev–Trinajstić information content (AvgIpc) is 2.74. The van der Waals surface area contributed by atoms with E-state index in [-0.39, 0.29) is 11.7 Å². The van der Waals surface area contributed by atoms with Gasteiger partial charge in [0.2, 0.25) is 0 Å². The topological polar surface area (TPSA) is 73.2 Å². The van der Waals surface area contributed by atoms with E-state index in [0.29, 0.717) is 18.7 Å². The highest BCUT2D eigenvalue weighted by molar-refractivity contribution is 5.96. The average molecular weight is 281 g/mol. The van der Waals surface area contributed by atoms with Crippen LogP contribution in [0.25, 0.3) is 0 Å². The molecule has 0 saturated carbocycles. The highest BCUT2D eigenvalue weighted by Gasteiger charge is 2.16. The minimum absolute atomic E-state index is 0.0486. The molecule has 0 unspecified atom stereocenters. The lowest BCUT2D eigenvalue weighted by Crippen LogP contribution is -2.34. The first-order valence-electron chi connectivity index (χ1n) is 6.72. The molecule has 20 heavy (non-hydrogen) atoms. The highest BCUT2D eigenvalue weighted by Crippen LogP contribution is 2.07. The predicted molar refractivity (Wildman–Crippen MR) is 75.6 cm³/mol. The third-order valence-electron chi connectivity index (χ3n) is 2.45. The van der Waals surface area contributed by atoms with Gasteiger partial charge in [0.25, 0.3) is 0 Å². The molecule has 1 aromatic heterocycles. The molecule has 1 amide bonds. The number of nitrogens with zero attached hydrogens (tertiary/aromatic N) is 2. The number of carbonyl (C=O) groups excluding carboxylic acids is 2. The van der Waals surface area contributed by atoms with Crippen molar-refractivity contribution in [3.05, 3.63) is 18.0 Å². The van der Waals surface area contributed by atoms with E-state index >= 15 is 0 Å². The fourth-order valence-corrected chi connectivity index (χ4v) is 1.53. The largest absolute Gasteiger partial charge is 0.444 e. The summed E-state index contributed by atoms with van der Waals surface area (Å²) in [6.45, 7) is 10.0. The van der Waals surface area contributed by atoms with Gasteiger partial charge in [-0.25, -0.2) is 4.79 Å². The maximum atomic E-state index is 11.8. The first-order valence-corrected chi connectivity index (χ1v) is 6.72. The molecule has 112 valence electrons. The molecule has 6 nitrogen and oxygen atoms in total. The smallest absolute Gasteiger partial charge is 0.407 e. The zero-order valence-electron chi connectivity index (χ0n) is 12.8. The van der Waals surface area contributed by atoms with Gasteiger partial charge in [0.15, 0.2) is 5.78 Å². The van der Waals surface area contributed by atoms with Gasteiger partial charge in [-0.05, 0) is 20.8 Å². The van der Waals surface area contributed by atoms with Crippen LogP contribution < -0.4 is 5.32 Å². The highest BCUT2D eigenvalue weighted by atomic mass is 16.6. The van der Waals surface area contributed by atoms with Crippen molar-refractivity contribution in [1.29, 1.82) is 0 Å². The zero-order valence-corrected chi connectivity index (χ0v) is 12.8. The van der Waals surface area contributed by atoms with Crippen LogP contribution in [-0.4, -0.2) is 33.8 Å². The van der Waals surface area contributed by atoms with Crippen LogP contribution in [-0.2, 0) is 11.3 Å². The molecule has 0 aliphatic carbocycles. The van der Waals surface area contributed by atoms with E-state index in [9.17, 15) is 9.59 Å². The second-order valence-electron chi connectivity index (χ2n) is 5.94. The normalized spacial score (nSPS) is 11.5. The molecule has 6 heteroatoms. The van der Waals surface area contributed by atoms with Gasteiger partial charge in [0.1, 0.15) is 5.60 Å². The first-order chi connectivity index (χ1) is 9.19. The summed E-state index contributed by atoms with van der Waals surface area (Å²) in [7, 11) is 0. The maximum Gasteiger partial charge on any atom is 0.407 e. The van der Waals surface area contributed by atoms with Crippen LogP contribution in [0.15, 0.2) is 12.4 Å². The molecule has 0 fully saturated rings. The standard InChI is InChI=1S/C14H23N3O3/c1-10(2)12(18)11-8-16-17(9-11)7-6-15-13(19)20-14(3,4)5/h8-10H,6-7H2,1-5H3,(H,15,19). The van der Waals surface area contributed by atoms with E-state index in [1.54, 1.807) is 17.1 Å². The van der Waals surface area contributed by atoms with Gasteiger partial charge >= 0.3 is 6.09 Å². The van der Waals surface area contributed by atoms with Crippen molar-refractivity contribution in [2.45, 2.75) is 46.8 Å². The number of ether oxygens (including phenoxy) is 1. The van der Waals surface area contributed by atoms with Crippen molar-refractivity contribution in [3.63, 3.8) is 0 Å². The predicted octanol–water partition coefficient (Wildman–Crippen LogP) is 2.25. The van der Waals surface area contributed by atoms with E-state index in [4.69, 9.17) is 4.74 Å². The summed E-state index contributed by atoms with van der Waals surface area (Å²) in [5.74, 6) is 0.0175. The van der Waals surface area contributed by atoms with Gasteiger partial charge < -0.3 is 10.1 Å². The number of Topliss-reactive ketones (excluding diaryl/α,β-unsaturated/α-hetero) is 1. The fraction of sp³-hybridized carbons (Fsp3) is 0.643. The molecule has 1 aromatic rings. The summed E-state index contributed by atoms with van der Waals surface area (Å²) < 4.78 is 6.75. The summed E-state index contributed by atoms with van der Waals surface area (Å²) in [4.78, 5) is 23.2. The minimum Gasteiger partial charge on any atom is -0.444 e. The summed E-state index contributed by atoms with van der Waals surface area (Å²) >= 11 is 0. The van der Waals surface area contributed by atoms with Crippen molar-refractivity contribution in [3.8, 4) is 0 Å². The molecule has 0 aliphatic heterocycles. The Labute approximate surface area is 119 Å². The Hall–Kier alpha value is -1.85. The van der Waals surface area contributed by atoms with E-state index < -0.39 is 11.7 Å². The van der Waals surface area contributed by atoms with Crippen molar-refractivity contribution in [2.75, 3.05) is 6.54 Å². The third-order valence-corrected chi connectivity index (χ3v) is 2.45. The van der Waals surface area contributed by atoms with Crippen LogP contribution >= 0.6 is 0 Å². The number of carbonyl (C=O) groups is 2. The Balaban J connectivity index is 2.40. The van der Waals surface area contributed by atoms with Crippen molar-refractivity contribution >= 4 is 11.9 Å². The third kappa shape index (κ3) is 5.42. The van der Waals surface area contributed by atoms with Gasteiger partial charge in [0, 0.05) is 18.7 Å². The Morgan fingerprint density at radius 3 is 2.60 bits per heavy atom. The summed E-state index contributed by atoms with van der Waals surface area (Å²) in [6, 6.07) is 0. The molecule has 0 saturated heterocycles. The van der Waals surface area contributed by atoms with Gasteiger partial charge in [-0.3, -0.25) is 9.48 Å². The number of alkyl carbamates (subject to hydrolysis) is 1. The number of amides is 1. The lowest BCUT2D eigenvalue weighted by Gasteiger charge is -2.19. The number of aromatic nitrogens is 2. The van der Waals surface area contributed by atoms with E-state index in [2.05, 4.69) is 10.4 Å². The number of nitrogens with one attached hydrogen (secondary N) is 1. The monoisotopic (exact) mass is 281 g/mol. The van der Waals surface area contributed by atoms with Gasteiger partial charge in [0.05, 0.1) is 18.3 Å². The molecule has 0 aliphatic rings. The Kier molecular flexibility index (Phi) is 5.30. The summed E-state index contributed by atoms with van der Waals surface area (Å²) in [6.07, 6.45) is 2.79. The molecular weight excluding hydrogens is 258 g/mol. The van der Waals surface area contributed by atoms with Gasteiger partial charge in [-0.1, -0.05) is 13.8 Å². The molecule has 0 spiro atoms. The van der Waals surface area contributed by atoms with E-state index in [1.165, 1.54) is 0 Å². The summed E-state index contributed by atoms with van der Waals surface area (Å²) in [5.41, 5.74) is 0.0874. The quantitative estimate of drug-likeness (QED) is 0.840. The van der Waals surface area contributed by atoms with Crippen LogP contribution in [0.1, 0.15) is 45.0 Å². The van der Waals surface area contributed by atoms with Crippen molar-refractivity contribution < 1.29 is 14.3 Å². The van der Waals surface area contributed by atoms with E-state index in [1.807, 2.05) is 34.6 Å². The Morgan fingerprint density at radius 1 is 1.40 bits per heavy atom. The lowest BCUT2D eigenvalue weighted by atomic mass is 10.1. The summed E-state index contributed by atoms with van der Waals surface area (Å²) in [5, 5.41) is 6.74. The molecule has 0 atom stereocenters. The molecule has 0 bridgehead atoms. The van der Waals surface area contributed by atoms with Crippen LogP contribution in [0, 0.1) is 5.92 Å². The van der Waals surface area contributed by atoms with Crippen LogP contribution in [0.4, 0.5) is 4.79 Å². The fourth-order valence-electron chi connectivity index (χ4n) is 1.53. The molecule has 0 radical (unpaired) electrons. The molecule has 1 rings (SSSR count). The van der Waals surface area contributed by atoms with Gasteiger partial charge in [-0.2, -0.15) is 5.10 Å². The first kappa shape index (κ1) is 16.2. The molecule has 1 N–H and O–H groups in total. The Morgan fingerprint density at radius 2 is 2.05 bits per heavy atom. The van der Waals surface area contributed by atoms with Crippen LogP contribution in [0.5, 0.6) is 0 Å². The van der Waals surface area contributed by atoms with Crippen LogP contribution in [0.2, 0.25) is 0 Å². The zero-order chi connectivity index (χ0) is 15.3. The van der Waals surface area contributed by atoms with Gasteiger partial charge in [-0.15, -0.1) is 0 Å². The number of rotatable bonds is 5. The molecule has 1 heterocycles. The SMILES string of the molecule is CC(C)C(=O)c1cnn(CCNC(=O)OC(C)(C)C)c1.